The molecular weight excluding hydrogens is 1750 g/mol. The number of nitrogens with zero attached hydrogens (tertiary/aromatic N) is 4. The number of hydrogen-bond acceptors (Lipinski definition) is 18. The second-order valence-corrected chi connectivity index (χ2v) is 28.9. The van der Waals surface area contributed by atoms with Crippen molar-refractivity contribution in [2.75, 3.05) is 53.7 Å². The number of isocyanates is 1. The number of anilines is 5. The fourth-order valence-corrected chi connectivity index (χ4v) is 10.9. The SMILES string of the molecule is CC(=O)c1ccc(NC(=O)OC(C)(C)C)cc1.CC(C)(C)OC(=O)Nc1ccc(C(=O)C=C(O)c2ccccc2)cc1.CCN(CC)CC.COC(=O)c1ccccc1.Cl.Cl.NN.Nc1ccc(-c2cc(-c3ccccc3)n[nH]2)cc1.O=C(Nc1ccc(-c2cc(-c3ccccc3)n[nH]2)cc1)Nc1ccc(Cl)c(C(F)(F)F)c1.O=C=Nc1ccc(Cl)c(C(F)(F)F)c1.[H-].[Na+]. The number of aliphatic hydroxyl groups excluding tert-OH is 1. The van der Waals surface area contributed by atoms with Gasteiger partial charge in [-0.05, 0) is 213 Å². The van der Waals surface area contributed by atoms with Crippen LogP contribution < -0.4 is 68.2 Å². The Hall–Kier alpha value is -12.4. The molecule has 0 saturated heterocycles. The number of carbonyl (C=O) groups is 6. The summed E-state index contributed by atoms with van der Waals surface area (Å²) in [7, 11) is 1.37. The smallest absolute Gasteiger partial charge is 1.00 e. The van der Waals surface area contributed by atoms with E-state index in [9.17, 15) is 65.0 Å². The van der Waals surface area contributed by atoms with Gasteiger partial charge in [0.05, 0.1) is 62.3 Å². The van der Waals surface area contributed by atoms with Crippen molar-refractivity contribution in [1.82, 2.24) is 25.3 Å². The molecule has 2 aromatic heterocycles. The van der Waals surface area contributed by atoms with Gasteiger partial charge in [-0.25, -0.2) is 24.0 Å². The summed E-state index contributed by atoms with van der Waals surface area (Å²) in [5.74, 6) is 7.28. The summed E-state index contributed by atoms with van der Waals surface area (Å²) < 4.78 is 90.4. The molecule has 12 aromatic rings. The number of allylic oxidation sites excluding steroid dienone is 1. The molecular formula is C93H100Cl4F6N13NaO11. The van der Waals surface area contributed by atoms with Gasteiger partial charge in [-0.15, -0.1) is 24.8 Å². The summed E-state index contributed by atoms with van der Waals surface area (Å²) in [6.45, 7) is 22.3. The minimum Gasteiger partial charge on any atom is -1.00 e. The van der Waals surface area contributed by atoms with E-state index in [1.807, 2.05) is 109 Å². The van der Waals surface area contributed by atoms with Crippen molar-refractivity contribution in [3.63, 3.8) is 0 Å². The Bertz CT molecular complexity index is 5480. The number of nitrogens with one attached hydrogen (secondary N) is 6. The van der Waals surface area contributed by atoms with E-state index in [4.69, 9.17) is 38.4 Å². The Morgan fingerprint density at radius 3 is 1.23 bits per heavy atom. The molecule has 35 heteroatoms. The number of amides is 4. The molecule has 0 aliphatic heterocycles. The maximum atomic E-state index is 13.0. The average Bonchev–Trinajstić information content (AvgIpc) is 1.74. The fraction of sp³-hybridized carbons (Fsp3) is 0.194. The van der Waals surface area contributed by atoms with Gasteiger partial charge in [0, 0.05) is 62.3 Å². The summed E-state index contributed by atoms with van der Waals surface area (Å²) in [6.07, 6.45) is -7.92. The second-order valence-electron chi connectivity index (χ2n) is 28.1. The van der Waals surface area contributed by atoms with Crippen LogP contribution in [0.15, 0.2) is 278 Å². The molecule has 128 heavy (non-hydrogen) atoms. The minimum absolute atomic E-state index is 0. The number of Topliss-reactive ketones (excluding diaryl/α,β-unsaturated/α-hetero) is 1. The number of aliphatic hydroxyl groups is 1. The summed E-state index contributed by atoms with van der Waals surface area (Å²) in [5, 5.41) is 34.0. The third kappa shape index (κ3) is 40.5. The van der Waals surface area contributed by atoms with Crippen molar-refractivity contribution >= 4 is 130 Å². The van der Waals surface area contributed by atoms with Gasteiger partial charge in [0.2, 0.25) is 6.08 Å². The number of hydrogen-bond donors (Lipinski definition) is 10. The van der Waals surface area contributed by atoms with Crippen molar-refractivity contribution in [1.29, 1.82) is 0 Å². The first kappa shape index (κ1) is 112. The summed E-state index contributed by atoms with van der Waals surface area (Å²) >= 11 is 10.9. The summed E-state index contributed by atoms with van der Waals surface area (Å²) in [5.41, 5.74) is 14.5. The molecule has 0 radical (unpaired) electrons. The van der Waals surface area contributed by atoms with Crippen LogP contribution in [0.5, 0.6) is 0 Å². The fourth-order valence-electron chi connectivity index (χ4n) is 10.4. The van der Waals surface area contributed by atoms with Crippen LogP contribution in [-0.4, -0.2) is 110 Å². The molecule has 0 unspecified atom stereocenters. The maximum absolute atomic E-state index is 13.0. The van der Waals surface area contributed by atoms with Crippen molar-refractivity contribution in [2.24, 2.45) is 16.7 Å². The molecule has 24 nitrogen and oxygen atoms in total. The number of urea groups is 1. The van der Waals surface area contributed by atoms with E-state index in [2.05, 4.69) is 88.7 Å². The molecule has 0 saturated carbocycles. The zero-order valence-electron chi connectivity index (χ0n) is 73.0. The Morgan fingerprint density at radius 2 is 0.852 bits per heavy atom. The third-order valence-electron chi connectivity index (χ3n) is 16.6. The molecule has 12 rings (SSSR count). The molecule has 0 aliphatic rings. The van der Waals surface area contributed by atoms with Gasteiger partial charge in [0.25, 0.3) is 0 Å². The number of ether oxygens (including phenoxy) is 3. The van der Waals surface area contributed by atoms with Gasteiger partial charge in [-0.2, -0.15) is 41.5 Å². The summed E-state index contributed by atoms with van der Waals surface area (Å²) in [4.78, 5) is 84.6. The van der Waals surface area contributed by atoms with E-state index in [1.54, 1.807) is 163 Å². The number of ketones is 2. The number of nitrogen functional groups attached to an aromatic ring is 1. The van der Waals surface area contributed by atoms with Gasteiger partial charge in [-0.3, -0.25) is 42.1 Å². The molecule has 0 spiro atoms. The maximum Gasteiger partial charge on any atom is 1.00 e. The first-order valence-corrected chi connectivity index (χ1v) is 39.0. The van der Waals surface area contributed by atoms with Crippen LogP contribution >= 0.6 is 48.0 Å². The number of carbonyl (C=O) groups excluding carboxylic acids is 7. The van der Waals surface area contributed by atoms with Gasteiger partial charge in [0.15, 0.2) is 11.6 Å². The molecule has 0 fully saturated rings. The quantitative estimate of drug-likeness (QED) is 0.00329. The van der Waals surface area contributed by atoms with E-state index in [-0.39, 0.29) is 90.5 Å². The molecule has 0 bridgehead atoms. The number of esters is 1. The molecule has 0 atom stereocenters. The Kier molecular flexibility index (Phi) is 48.8. The predicted molar refractivity (Wildman–Crippen MR) is 496 cm³/mol. The van der Waals surface area contributed by atoms with E-state index in [0.29, 0.717) is 45.4 Å². The van der Waals surface area contributed by atoms with Gasteiger partial charge >= 0.3 is 66.1 Å². The van der Waals surface area contributed by atoms with Crippen LogP contribution in [-0.2, 0) is 31.4 Å². The number of H-pyrrole nitrogens is 2. The molecule has 4 amide bonds. The molecule has 13 N–H and O–H groups in total. The molecule has 674 valence electrons. The zero-order valence-corrected chi connectivity index (χ0v) is 77.1. The largest absolute Gasteiger partial charge is 1.00 e. The van der Waals surface area contributed by atoms with Crippen molar-refractivity contribution in [3.05, 3.63) is 316 Å². The number of hydrazine groups is 1. The van der Waals surface area contributed by atoms with Crippen LogP contribution in [0.2, 0.25) is 10.0 Å². The number of aliphatic imine (C=N–C) groups is 1. The molecule has 2 heterocycles. The van der Waals surface area contributed by atoms with Gasteiger partial charge < -0.3 is 42.0 Å². The first-order valence-electron chi connectivity index (χ1n) is 38.3. The van der Waals surface area contributed by atoms with Gasteiger partial charge in [0.1, 0.15) is 17.0 Å². The zero-order chi connectivity index (χ0) is 92.5. The number of methoxy groups -OCH3 is 1. The van der Waals surface area contributed by atoms with Crippen LogP contribution in [0.1, 0.15) is 118 Å². The average molecular weight is 1850 g/mol. The number of halogens is 10. The van der Waals surface area contributed by atoms with Crippen LogP contribution in [0, 0.1) is 0 Å². The van der Waals surface area contributed by atoms with Crippen molar-refractivity contribution in [3.8, 4) is 45.0 Å². The second kappa shape index (κ2) is 55.9. The Labute approximate surface area is 784 Å². The van der Waals surface area contributed by atoms with Gasteiger partial charge in [-0.1, -0.05) is 177 Å². The monoisotopic (exact) mass is 1850 g/mol. The van der Waals surface area contributed by atoms with E-state index < -0.39 is 62.9 Å². The van der Waals surface area contributed by atoms with Crippen LogP contribution in [0.25, 0.3) is 50.8 Å². The van der Waals surface area contributed by atoms with Crippen LogP contribution in [0.3, 0.4) is 0 Å². The number of aromatic nitrogens is 4. The Morgan fingerprint density at radius 1 is 0.492 bits per heavy atom. The Balaban J connectivity index is 0.000000778. The summed E-state index contributed by atoms with van der Waals surface area (Å²) in [6, 6.07) is 74.6. The third-order valence-corrected chi connectivity index (χ3v) is 17.2. The van der Waals surface area contributed by atoms with E-state index in [1.165, 1.54) is 51.9 Å². The first-order chi connectivity index (χ1) is 59.3. The van der Waals surface area contributed by atoms with Crippen molar-refractivity contribution in [2.45, 2.75) is 92.8 Å². The normalized spacial score (nSPS) is 10.5. The topological polar surface area (TPSA) is 367 Å². The molecule has 0 aliphatic carbocycles. The number of nitrogens with two attached hydrogens (primary N) is 3. The molecule has 10 aromatic carbocycles. The van der Waals surface area contributed by atoms with E-state index in [0.717, 1.165) is 75.0 Å². The number of aromatic amines is 2. The number of rotatable bonds is 17. The van der Waals surface area contributed by atoms with Crippen LogP contribution in [0.4, 0.5) is 74.9 Å². The van der Waals surface area contributed by atoms with E-state index >= 15 is 0 Å². The minimum atomic E-state index is -4.62. The number of alkyl halides is 6. The standard InChI is InChI=1S/C23H16ClF3N4O.C20H21NO4.C15H13N3.C13H17NO3.C8H3ClF3NO.C8H8O2.C6H15N.2ClH.H4N2.Na.H/c24-19-11-10-17(12-18(19)23(25,26)27)29-22(32)28-16-8-6-15(7-9-16)21-13-20(30-31-21)14-4-2-1-3-5-14;1-20(2,3)25-19(24)21-16-11-9-15(10-12-16)18(23)13-17(22)14-7-5-4-6-8-14;16-13-8-6-12(7-9-13)15-10-14(17-18-15)11-4-2-1-3-5-11;1-9(15)10-5-7-11(8-6-10)14-12(16)17-13(2,3)4;9-7-2-1-5(13-4-14)3-6(7)8(10,11)12;1-10-8(9)7-5-3-2-4-6-7;1-4-7(5-2)6-3;;;1-2;;/h1-13H,(H,30,31)(H2,28,29,32);4-13,22H,1-3H3,(H,21,24);1-10H,16H2,(H,17,18);5-8H,1-4H3,(H,14,16);1-3H;2-6H,1H3;4-6H2,1-3H3;2*1H;1-2H2;;/q;;;;;;;;;;+1;-1. The predicted octanol–water partition coefficient (Wildman–Crippen LogP) is 21.4. The number of benzene rings is 10. The van der Waals surface area contributed by atoms with Crippen molar-refractivity contribution < 1.29 is 110 Å².